The maximum Gasteiger partial charge on any atom is 0.250 e. The van der Waals surface area contributed by atoms with Crippen molar-refractivity contribution in [2.75, 3.05) is 13.1 Å². The summed E-state index contributed by atoms with van der Waals surface area (Å²) in [7, 11) is 0. The van der Waals surface area contributed by atoms with E-state index in [0.29, 0.717) is 30.3 Å². The molecule has 2 aliphatic heterocycles. The van der Waals surface area contributed by atoms with Crippen molar-refractivity contribution in [3.8, 4) is 0 Å². The van der Waals surface area contributed by atoms with E-state index in [4.69, 9.17) is 5.10 Å². The van der Waals surface area contributed by atoms with Gasteiger partial charge in [0.05, 0.1) is 5.69 Å². The van der Waals surface area contributed by atoms with Crippen LogP contribution in [0.3, 0.4) is 0 Å². The van der Waals surface area contributed by atoms with Crippen LogP contribution in [0.2, 0.25) is 0 Å². The molecule has 1 saturated carbocycles. The number of hydrogen-bond acceptors (Lipinski definition) is 3. The molecular weight excluding hydrogens is 364 g/mol. The maximum absolute atomic E-state index is 13.2. The lowest BCUT2D eigenvalue weighted by atomic mass is 9.83. The van der Waals surface area contributed by atoms with Crippen LogP contribution in [0.5, 0.6) is 0 Å². The van der Waals surface area contributed by atoms with Crippen molar-refractivity contribution in [3.05, 3.63) is 51.2 Å². The van der Waals surface area contributed by atoms with E-state index in [9.17, 15) is 9.59 Å². The van der Waals surface area contributed by atoms with Gasteiger partial charge in [0.1, 0.15) is 6.54 Å². The van der Waals surface area contributed by atoms with Crippen molar-refractivity contribution < 1.29 is 4.79 Å². The summed E-state index contributed by atoms with van der Waals surface area (Å²) in [6.07, 6.45) is 2.13. The molecule has 0 radical (unpaired) electrons. The Labute approximate surface area is 170 Å². The number of piperidine rings is 1. The molecule has 2 fully saturated rings. The molecule has 29 heavy (non-hydrogen) atoms. The topological polar surface area (TPSA) is 60.1 Å². The first kappa shape index (κ1) is 17.5. The summed E-state index contributed by atoms with van der Waals surface area (Å²) in [5.74, 6) is 2.14. The van der Waals surface area contributed by atoms with Crippen molar-refractivity contribution in [1.29, 1.82) is 0 Å². The van der Waals surface area contributed by atoms with E-state index in [0.717, 1.165) is 43.2 Å². The summed E-state index contributed by atoms with van der Waals surface area (Å²) >= 11 is 0. The summed E-state index contributed by atoms with van der Waals surface area (Å²) in [6.45, 7) is 9.32. The Kier molecular flexibility index (Phi) is 3.38. The van der Waals surface area contributed by atoms with Crippen LogP contribution < -0.4 is 5.56 Å². The number of carbonyl (C=O) groups is 1. The highest BCUT2D eigenvalue weighted by atomic mass is 16.2. The first-order valence-corrected chi connectivity index (χ1v) is 10.9. The Morgan fingerprint density at radius 1 is 1.24 bits per heavy atom. The Balaban J connectivity index is 1.23. The lowest BCUT2D eigenvalue weighted by molar-refractivity contribution is -0.134. The molecule has 6 heteroatoms. The number of rotatable bonds is 2. The molecule has 0 aromatic carbocycles. The third-order valence-corrected chi connectivity index (χ3v) is 8.18. The van der Waals surface area contributed by atoms with Gasteiger partial charge in [0, 0.05) is 48.6 Å². The summed E-state index contributed by atoms with van der Waals surface area (Å²) in [5.41, 5.74) is 5.38. The molecule has 4 heterocycles. The third kappa shape index (κ3) is 2.37. The average Bonchev–Trinajstić information content (AvgIpc) is 3.00. The van der Waals surface area contributed by atoms with Gasteiger partial charge < -0.3 is 9.47 Å². The van der Waals surface area contributed by atoms with Crippen LogP contribution >= 0.6 is 0 Å². The van der Waals surface area contributed by atoms with E-state index in [-0.39, 0.29) is 17.4 Å². The minimum absolute atomic E-state index is 0.0843. The number of amides is 1. The van der Waals surface area contributed by atoms with E-state index in [2.05, 4.69) is 20.8 Å². The zero-order valence-electron chi connectivity index (χ0n) is 17.4. The quantitative estimate of drug-likeness (QED) is 0.788. The van der Waals surface area contributed by atoms with Gasteiger partial charge in [0.2, 0.25) is 5.91 Å². The molecule has 0 N–H and O–H groups in total. The second kappa shape index (κ2) is 5.61. The molecule has 0 spiro atoms. The van der Waals surface area contributed by atoms with Gasteiger partial charge in [0.15, 0.2) is 0 Å². The molecular formula is C23H28N4O2. The molecule has 2 aromatic heterocycles. The molecule has 2 bridgehead atoms. The van der Waals surface area contributed by atoms with Crippen LogP contribution in [0.25, 0.3) is 0 Å². The van der Waals surface area contributed by atoms with Crippen LogP contribution in [0.15, 0.2) is 23.0 Å². The largest absolute Gasteiger partial charge is 0.340 e. The van der Waals surface area contributed by atoms with E-state index in [1.54, 1.807) is 6.07 Å². The van der Waals surface area contributed by atoms with Crippen molar-refractivity contribution >= 4 is 5.91 Å². The van der Waals surface area contributed by atoms with Crippen molar-refractivity contribution in [1.82, 2.24) is 19.2 Å². The first-order chi connectivity index (χ1) is 13.8. The van der Waals surface area contributed by atoms with E-state index in [1.807, 2.05) is 26.3 Å². The number of nitrogens with zero attached hydrogens (tertiary/aromatic N) is 4. The molecule has 2 aromatic rings. The van der Waals surface area contributed by atoms with Crippen LogP contribution in [-0.4, -0.2) is 38.2 Å². The number of aromatic nitrogens is 3. The smallest absolute Gasteiger partial charge is 0.250 e. The van der Waals surface area contributed by atoms with Gasteiger partial charge in [-0.2, -0.15) is 5.10 Å². The van der Waals surface area contributed by atoms with Crippen molar-refractivity contribution in [2.24, 2.45) is 17.3 Å². The Morgan fingerprint density at radius 2 is 2.07 bits per heavy atom. The molecule has 4 aliphatic rings. The molecule has 0 unspecified atom stereocenters. The van der Waals surface area contributed by atoms with Gasteiger partial charge in [-0.1, -0.05) is 19.9 Å². The number of hydrogen-bond donors (Lipinski definition) is 0. The van der Waals surface area contributed by atoms with Crippen molar-refractivity contribution in [3.63, 3.8) is 0 Å². The normalized spacial score (nSPS) is 30.5. The van der Waals surface area contributed by atoms with Gasteiger partial charge in [-0.25, -0.2) is 0 Å². The fourth-order valence-corrected chi connectivity index (χ4v) is 6.63. The number of carbonyl (C=O) groups excluding carboxylic acids is 1. The van der Waals surface area contributed by atoms with Gasteiger partial charge in [-0.15, -0.1) is 0 Å². The van der Waals surface area contributed by atoms with E-state index in [1.165, 1.54) is 11.3 Å². The van der Waals surface area contributed by atoms with Crippen LogP contribution in [0.4, 0.5) is 0 Å². The Bertz CT molecular complexity index is 1090. The number of aryl methyl sites for hydroxylation is 1. The highest BCUT2D eigenvalue weighted by molar-refractivity contribution is 5.76. The van der Waals surface area contributed by atoms with E-state index >= 15 is 0 Å². The lowest BCUT2D eigenvalue weighted by Crippen LogP contribution is -2.49. The number of pyridine rings is 1. The minimum Gasteiger partial charge on any atom is -0.340 e. The average molecular weight is 393 g/mol. The highest BCUT2D eigenvalue weighted by Gasteiger charge is 2.63. The van der Waals surface area contributed by atoms with Gasteiger partial charge in [-0.05, 0) is 49.0 Å². The predicted octanol–water partition coefficient (Wildman–Crippen LogP) is 2.29. The first-order valence-electron chi connectivity index (χ1n) is 10.9. The van der Waals surface area contributed by atoms with Crippen LogP contribution in [0.1, 0.15) is 54.7 Å². The van der Waals surface area contributed by atoms with Crippen LogP contribution in [-0.2, 0) is 24.3 Å². The third-order valence-electron chi connectivity index (χ3n) is 8.18. The molecule has 1 saturated heterocycles. The Hall–Kier alpha value is -2.37. The fourth-order valence-electron chi connectivity index (χ4n) is 6.63. The van der Waals surface area contributed by atoms with Gasteiger partial charge in [-0.3, -0.25) is 14.3 Å². The second-order valence-corrected chi connectivity index (χ2v) is 10.2. The summed E-state index contributed by atoms with van der Waals surface area (Å²) in [6, 6.07) is 5.53. The highest BCUT2D eigenvalue weighted by Crippen LogP contribution is 2.70. The second-order valence-electron chi connectivity index (χ2n) is 10.2. The molecule has 1 amide bonds. The molecule has 152 valence electrons. The Morgan fingerprint density at radius 3 is 2.90 bits per heavy atom. The van der Waals surface area contributed by atoms with Crippen molar-refractivity contribution in [2.45, 2.75) is 58.5 Å². The summed E-state index contributed by atoms with van der Waals surface area (Å²) in [5, 5.41) is 4.75. The standard InChI is InChI=1S/C23H28N4O2/c1-13-21-18(8-16-22(21)23(16,2)3)27(24-13)12-20(29)25-9-14-7-15(11-25)17-5-4-6-19(28)26(17)10-14/h4-6,14-16,22H,7-12H2,1-3H3/t14-,15+,16+,22+/m0/s1. The lowest BCUT2D eigenvalue weighted by Gasteiger charge is -2.42. The summed E-state index contributed by atoms with van der Waals surface area (Å²) in [4.78, 5) is 27.4. The zero-order valence-corrected chi connectivity index (χ0v) is 17.4. The fraction of sp³-hybridized carbons (Fsp3) is 0.609. The molecule has 4 atom stereocenters. The maximum atomic E-state index is 13.2. The predicted molar refractivity (Wildman–Crippen MR) is 109 cm³/mol. The number of fused-ring (bicyclic) bond motifs is 7. The monoisotopic (exact) mass is 392 g/mol. The SMILES string of the molecule is Cc1nn(CC(=O)N2C[C@@H]3C[C@H](C2)c2cccc(=O)n2C3)c2c1[C@H]1[C@@H](C2)C1(C)C. The van der Waals surface area contributed by atoms with Gasteiger partial charge in [0.25, 0.3) is 5.56 Å². The van der Waals surface area contributed by atoms with Crippen LogP contribution in [0, 0.1) is 24.2 Å². The summed E-state index contributed by atoms with van der Waals surface area (Å²) < 4.78 is 3.90. The number of likely N-dealkylation sites (tertiary alicyclic amines) is 1. The minimum atomic E-state index is 0.0843. The zero-order chi connectivity index (χ0) is 20.1. The van der Waals surface area contributed by atoms with Gasteiger partial charge >= 0.3 is 0 Å². The van der Waals surface area contributed by atoms with E-state index < -0.39 is 0 Å². The molecule has 2 aliphatic carbocycles. The molecule has 6 rings (SSSR count). The molecule has 6 nitrogen and oxygen atoms in total.